The second-order valence-electron chi connectivity index (χ2n) is 9.85. The third-order valence-electron chi connectivity index (χ3n) is 7.23. The van der Waals surface area contributed by atoms with E-state index in [1.807, 2.05) is 12.2 Å². The highest BCUT2D eigenvalue weighted by Crippen LogP contribution is 2.51. The van der Waals surface area contributed by atoms with Crippen LogP contribution in [0.15, 0.2) is 105 Å². The number of allylic oxidation sites excluding steroid dienone is 2. The number of unbranched alkanes of at least 4 members (excludes halogenated alkanes) is 2. The summed E-state index contributed by atoms with van der Waals surface area (Å²) in [7, 11) is 0. The molecule has 0 N–H and O–H groups in total. The molecule has 0 amide bonds. The number of fused-ring (bicyclic) bond motifs is 6. The van der Waals surface area contributed by atoms with Crippen molar-refractivity contribution in [3.8, 4) is 0 Å². The van der Waals surface area contributed by atoms with E-state index in [9.17, 15) is 4.79 Å². The maximum Gasteiger partial charge on any atom is 0.183 e. The molecule has 2 aliphatic rings. The van der Waals surface area contributed by atoms with Crippen LogP contribution in [0.25, 0.3) is 21.5 Å². The zero-order chi connectivity index (χ0) is 26.1. The van der Waals surface area contributed by atoms with E-state index >= 15 is 0 Å². The van der Waals surface area contributed by atoms with Gasteiger partial charge in [-0.05, 0) is 35.7 Å². The van der Waals surface area contributed by atoms with E-state index in [-0.39, 0.29) is 5.78 Å². The first kappa shape index (κ1) is 25.1. The smallest absolute Gasteiger partial charge is 0.183 e. The molecule has 0 unspecified atom stereocenters. The number of nitrogens with zero attached hydrogens (tertiary/aromatic N) is 2. The Morgan fingerprint density at radius 3 is 1.55 bits per heavy atom. The molecule has 0 spiro atoms. The predicted octanol–water partition coefficient (Wildman–Crippen LogP) is 9.37. The van der Waals surface area contributed by atoms with Crippen LogP contribution < -0.4 is 9.80 Å². The maximum atomic E-state index is 13.6. The lowest BCUT2D eigenvalue weighted by atomic mass is 10.1. The molecule has 2 aliphatic heterocycles. The van der Waals surface area contributed by atoms with E-state index < -0.39 is 0 Å². The molecule has 2 heterocycles. The number of thioether (sulfide) groups is 2. The van der Waals surface area contributed by atoms with Crippen molar-refractivity contribution in [2.45, 2.75) is 49.3 Å². The van der Waals surface area contributed by atoms with Crippen LogP contribution >= 0.6 is 23.5 Å². The Hall–Kier alpha value is -3.15. The zero-order valence-electron chi connectivity index (χ0n) is 21.9. The Morgan fingerprint density at radius 1 is 0.658 bits per heavy atom. The minimum atomic E-state index is 0.0484. The van der Waals surface area contributed by atoms with Gasteiger partial charge in [-0.15, -0.1) is 0 Å². The van der Waals surface area contributed by atoms with Crippen LogP contribution in [0.5, 0.6) is 0 Å². The fourth-order valence-corrected chi connectivity index (χ4v) is 7.62. The van der Waals surface area contributed by atoms with Gasteiger partial charge in [-0.1, -0.05) is 111 Å². The predicted molar refractivity (Wildman–Crippen MR) is 165 cm³/mol. The van der Waals surface area contributed by atoms with E-state index in [0.29, 0.717) is 0 Å². The minimum absolute atomic E-state index is 0.0484. The molecule has 4 aromatic carbocycles. The summed E-state index contributed by atoms with van der Waals surface area (Å²) >= 11 is 3.43. The fourth-order valence-electron chi connectivity index (χ4n) is 5.32. The number of benzene rings is 4. The van der Waals surface area contributed by atoms with E-state index in [0.717, 1.165) is 48.8 Å². The molecule has 0 aromatic heterocycles. The van der Waals surface area contributed by atoms with Gasteiger partial charge < -0.3 is 9.80 Å². The SMILES string of the molecule is CCCCN1C(=CC(=O)C=C2Sc3ccc4ccccc4c3N2CCCC)Sc2ccc3ccccc3c21. The average Bonchev–Trinajstić information content (AvgIpc) is 3.47. The third-order valence-corrected chi connectivity index (χ3v) is 9.42. The Labute approximate surface area is 233 Å². The highest BCUT2D eigenvalue weighted by atomic mass is 32.2. The molecule has 3 nitrogen and oxygen atoms in total. The van der Waals surface area contributed by atoms with Gasteiger partial charge in [0.15, 0.2) is 5.78 Å². The molecule has 0 bridgehead atoms. The van der Waals surface area contributed by atoms with Crippen molar-refractivity contribution in [3.63, 3.8) is 0 Å². The van der Waals surface area contributed by atoms with Crippen LogP contribution in [0, 0.1) is 0 Å². The fraction of sp³-hybridized carbons (Fsp3) is 0.242. The zero-order valence-corrected chi connectivity index (χ0v) is 23.6. The van der Waals surface area contributed by atoms with Crippen molar-refractivity contribution < 1.29 is 4.79 Å². The first-order chi connectivity index (χ1) is 18.7. The molecule has 0 radical (unpaired) electrons. The summed E-state index contributed by atoms with van der Waals surface area (Å²) in [6, 6.07) is 25.9. The molecular formula is C33H32N2OS2. The monoisotopic (exact) mass is 536 g/mol. The number of ketones is 1. The molecule has 6 rings (SSSR count). The standard InChI is InChI=1S/C33H32N2OS2/c1-3-5-19-34-30(37-28-17-15-23-11-7-9-13-26(23)32(28)34)21-25(36)22-31-35(20-6-4-2)33-27-14-10-8-12-24(27)16-18-29(33)38-31/h7-18,21-22H,3-6,19-20H2,1-2H3. The number of carbonyl (C=O) groups excluding carboxylic acids is 1. The van der Waals surface area contributed by atoms with Gasteiger partial charge >= 0.3 is 0 Å². The second-order valence-corrected chi connectivity index (χ2v) is 12.0. The summed E-state index contributed by atoms with van der Waals surface area (Å²) in [4.78, 5) is 20.8. The van der Waals surface area contributed by atoms with Gasteiger partial charge in [0.1, 0.15) is 0 Å². The van der Waals surface area contributed by atoms with Crippen molar-refractivity contribution in [3.05, 3.63) is 95.0 Å². The van der Waals surface area contributed by atoms with E-state index in [1.165, 1.54) is 42.7 Å². The number of hydrogen-bond acceptors (Lipinski definition) is 5. The minimum Gasteiger partial charge on any atom is -0.334 e. The van der Waals surface area contributed by atoms with Crippen LogP contribution in [-0.2, 0) is 4.79 Å². The molecule has 0 saturated carbocycles. The van der Waals surface area contributed by atoms with Crippen molar-refractivity contribution >= 4 is 62.2 Å². The van der Waals surface area contributed by atoms with Gasteiger partial charge in [0.2, 0.25) is 0 Å². The van der Waals surface area contributed by atoms with Crippen molar-refractivity contribution in [1.29, 1.82) is 0 Å². The Bertz CT molecular complexity index is 1470. The number of hydrogen-bond donors (Lipinski definition) is 0. The second kappa shape index (κ2) is 10.9. The summed E-state index contributed by atoms with van der Waals surface area (Å²) in [5.41, 5.74) is 2.49. The number of anilines is 2. The molecule has 38 heavy (non-hydrogen) atoms. The van der Waals surface area contributed by atoms with Crippen LogP contribution in [0.3, 0.4) is 0 Å². The summed E-state index contributed by atoms with van der Waals surface area (Å²) in [6.45, 7) is 6.26. The third kappa shape index (κ3) is 4.63. The highest BCUT2D eigenvalue weighted by molar-refractivity contribution is 8.04. The van der Waals surface area contributed by atoms with E-state index in [4.69, 9.17) is 0 Å². The van der Waals surface area contributed by atoms with Crippen LogP contribution in [0.4, 0.5) is 11.4 Å². The molecule has 5 heteroatoms. The van der Waals surface area contributed by atoms with Crippen LogP contribution in [0.2, 0.25) is 0 Å². The lowest BCUT2D eigenvalue weighted by Crippen LogP contribution is -2.21. The summed E-state index contributed by atoms with van der Waals surface area (Å²) < 4.78 is 0. The largest absolute Gasteiger partial charge is 0.334 e. The van der Waals surface area contributed by atoms with Crippen molar-refractivity contribution in [2.75, 3.05) is 22.9 Å². The molecule has 0 saturated heterocycles. The molecule has 0 fully saturated rings. The average molecular weight is 537 g/mol. The number of rotatable bonds is 8. The molecule has 192 valence electrons. The molecule has 4 aromatic rings. The van der Waals surface area contributed by atoms with Gasteiger partial charge in [0.25, 0.3) is 0 Å². The van der Waals surface area contributed by atoms with Gasteiger partial charge in [0.05, 0.1) is 21.4 Å². The summed E-state index contributed by atoms with van der Waals surface area (Å²) in [5.74, 6) is 0.0484. The Balaban J connectivity index is 1.35. The van der Waals surface area contributed by atoms with Crippen LogP contribution in [0.1, 0.15) is 39.5 Å². The lowest BCUT2D eigenvalue weighted by Gasteiger charge is -2.22. The molecular weight excluding hydrogens is 505 g/mol. The summed E-state index contributed by atoms with van der Waals surface area (Å²) in [6.07, 6.45) is 8.09. The first-order valence-corrected chi connectivity index (χ1v) is 15.2. The highest BCUT2D eigenvalue weighted by Gasteiger charge is 2.29. The topological polar surface area (TPSA) is 23.6 Å². The number of carbonyl (C=O) groups is 1. The maximum absolute atomic E-state index is 13.6. The van der Waals surface area contributed by atoms with Gasteiger partial charge in [-0.3, -0.25) is 4.79 Å². The lowest BCUT2D eigenvalue weighted by molar-refractivity contribution is -0.110. The normalized spacial score (nSPS) is 16.7. The van der Waals surface area contributed by atoms with Gasteiger partial charge in [-0.2, -0.15) is 0 Å². The molecule has 0 atom stereocenters. The van der Waals surface area contributed by atoms with Crippen molar-refractivity contribution in [2.24, 2.45) is 0 Å². The van der Waals surface area contributed by atoms with E-state index in [1.54, 1.807) is 23.5 Å². The quantitative estimate of drug-likeness (QED) is 0.209. The summed E-state index contributed by atoms with van der Waals surface area (Å²) in [5, 5.41) is 7.03. The van der Waals surface area contributed by atoms with E-state index in [2.05, 4.69) is 96.4 Å². The van der Waals surface area contributed by atoms with Gasteiger partial charge in [-0.25, -0.2) is 0 Å². The van der Waals surface area contributed by atoms with Crippen molar-refractivity contribution in [1.82, 2.24) is 0 Å². The van der Waals surface area contributed by atoms with Gasteiger partial charge in [0, 0.05) is 45.8 Å². The molecule has 0 aliphatic carbocycles. The Kier molecular flexibility index (Phi) is 7.22. The van der Waals surface area contributed by atoms with Crippen LogP contribution in [-0.4, -0.2) is 18.9 Å². The first-order valence-electron chi connectivity index (χ1n) is 13.6. The Morgan fingerprint density at radius 2 is 1.11 bits per heavy atom.